The number of hydrogen-bond acceptors (Lipinski definition) is 4. The van der Waals surface area contributed by atoms with Crippen molar-refractivity contribution >= 4 is 11.4 Å². The smallest absolute Gasteiger partial charge is 0.327 e. The van der Waals surface area contributed by atoms with Crippen LogP contribution in [0.5, 0.6) is 0 Å². The maximum absolute atomic E-state index is 13.4. The van der Waals surface area contributed by atoms with Crippen molar-refractivity contribution in [1.82, 2.24) is 0 Å². The van der Waals surface area contributed by atoms with Gasteiger partial charge in [-0.1, -0.05) is 0 Å². The van der Waals surface area contributed by atoms with Crippen LogP contribution in [-0.4, -0.2) is 24.7 Å². The van der Waals surface area contributed by atoms with Crippen LogP contribution in [0.3, 0.4) is 0 Å². The summed E-state index contributed by atoms with van der Waals surface area (Å²) in [7, 11) is 0. The molecule has 0 aromatic heterocycles. The van der Waals surface area contributed by atoms with E-state index in [0.717, 1.165) is 18.9 Å². The minimum Gasteiger partial charge on any atom is -0.381 e. The summed E-state index contributed by atoms with van der Waals surface area (Å²) in [5, 5.41) is 13.5. The molecular weight excluding hydrogens is 258 g/mol. The summed E-state index contributed by atoms with van der Waals surface area (Å²) in [6.45, 7) is 1.66. The lowest BCUT2D eigenvalue weighted by Crippen LogP contribution is -2.24. The maximum Gasteiger partial charge on any atom is 0.327 e. The van der Waals surface area contributed by atoms with E-state index in [0.29, 0.717) is 25.8 Å². The van der Waals surface area contributed by atoms with Gasteiger partial charge < -0.3 is 10.1 Å². The van der Waals surface area contributed by atoms with Crippen molar-refractivity contribution in [2.24, 2.45) is 5.92 Å². The lowest BCUT2D eigenvalue weighted by atomic mass is 10.0. The van der Waals surface area contributed by atoms with E-state index in [1.165, 1.54) is 0 Å². The molecule has 0 aliphatic carbocycles. The van der Waals surface area contributed by atoms with E-state index in [2.05, 4.69) is 5.32 Å². The van der Waals surface area contributed by atoms with E-state index in [1.807, 2.05) is 0 Å². The molecule has 1 aromatic rings. The maximum atomic E-state index is 13.4. The van der Waals surface area contributed by atoms with Crippen LogP contribution in [-0.2, 0) is 4.74 Å². The summed E-state index contributed by atoms with van der Waals surface area (Å²) < 4.78 is 31.8. The number of ether oxygens (including phenoxy) is 1. The van der Waals surface area contributed by atoms with Gasteiger partial charge in [0.1, 0.15) is 11.5 Å². The lowest BCUT2D eigenvalue weighted by molar-refractivity contribution is -0.386. The minimum absolute atomic E-state index is 0.131. The van der Waals surface area contributed by atoms with Crippen LogP contribution in [0, 0.1) is 27.7 Å². The Bertz CT molecular complexity index is 476. The highest BCUT2D eigenvalue weighted by molar-refractivity contribution is 5.62. The Morgan fingerprint density at radius 1 is 1.47 bits per heavy atom. The molecule has 2 rings (SSSR count). The largest absolute Gasteiger partial charge is 0.381 e. The van der Waals surface area contributed by atoms with Crippen molar-refractivity contribution < 1.29 is 18.4 Å². The van der Waals surface area contributed by atoms with Crippen LogP contribution in [0.15, 0.2) is 12.1 Å². The van der Waals surface area contributed by atoms with Crippen molar-refractivity contribution in [1.29, 1.82) is 0 Å². The summed E-state index contributed by atoms with van der Waals surface area (Å²) in [6, 6.07) is 1.44. The average Bonchev–Trinajstić information content (AvgIpc) is 2.36. The molecular formula is C12H14F2N2O3. The van der Waals surface area contributed by atoms with Crippen LogP contribution in [0.25, 0.3) is 0 Å². The van der Waals surface area contributed by atoms with E-state index < -0.39 is 22.2 Å². The molecule has 7 heteroatoms. The fourth-order valence-electron chi connectivity index (χ4n) is 2.11. The predicted molar refractivity (Wildman–Crippen MR) is 65.0 cm³/mol. The Morgan fingerprint density at radius 2 is 2.26 bits per heavy atom. The molecule has 1 heterocycles. The fourth-order valence-corrected chi connectivity index (χ4v) is 2.11. The van der Waals surface area contributed by atoms with Gasteiger partial charge in [0.15, 0.2) is 0 Å². The zero-order chi connectivity index (χ0) is 13.8. The van der Waals surface area contributed by atoms with Gasteiger partial charge >= 0.3 is 5.69 Å². The SMILES string of the molecule is O=[N+]([O-])c1c(F)cc(F)cc1NCC1CCCOC1. The minimum atomic E-state index is -1.17. The first-order valence-corrected chi connectivity index (χ1v) is 6.03. The predicted octanol–water partition coefficient (Wildman–Crippen LogP) is 2.71. The van der Waals surface area contributed by atoms with E-state index >= 15 is 0 Å². The Morgan fingerprint density at radius 3 is 2.89 bits per heavy atom. The molecule has 5 nitrogen and oxygen atoms in total. The van der Waals surface area contributed by atoms with Crippen molar-refractivity contribution in [2.45, 2.75) is 12.8 Å². The topological polar surface area (TPSA) is 64.4 Å². The Kier molecular flexibility index (Phi) is 4.26. The molecule has 0 amide bonds. The second-order valence-electron chi connectivity index (χ2n) is 4.50. The number of nitrogens with one attached hydrogen (secondary N) is 1. The van der Waals surface area contributed by atoms with Crippen molar-refractivity contribution in [2.75, 3.05) is 25.1 Å². The van der Waals surface area contributed by atoms with E-state index in [1.54, 1.807) is 0 Å². The molecule has 0 bridgehead atoms. The van der Waals surface area contributed by atoms with Crippen LogP contribution in [0.1, 0.15) is 12.8 Å². The van der Waals surface area contributed by atoms with E-state index in [4.69, 9.17) is 4.74 Å². The van der Waals surface area contributed by atoms with Gasteiger partial charge in [0.25, 0.3) is 0 Å². The summed E-state index contributed by atoms with van der Waals surface area (Å²) in [4.78, 5) is 9.93. The average molecular weight is 272 g/mol. The molecule has 1 atom stereocenters. The molecule has 1 aromatic carbocycles. The van der Waals surface area contributed by atoms with Gasteiger partial charge in [-0.15, -0.1) is 0 Å². The number of benzene rings is 1. The fraction of sp³-hybridized carbons (Fsp3) is 0.500. The molecule has 104 valence electrons. The molecule has 1 aliphatic rings. The Hall–Kier alpha value is -1.76. The molecule has 19 heavy (non-hydrogen) atoms. The zero-order valence-corrected chi connectivity index (χ0v) is 10.2. The highest BCUT2D eigenvalue weighted by atomic mass is 19.1. The monoisotopic (exact) mass is 272 g/mol. The van der Waals surface area contributed by atoms with Gasteiger partial charge in [-0.2, -0.15) is 4.39 Å². The number of anilines is 1. The standard InChI is InChI=1S/C12H14F2N2O3/c13-9-4-10(14)12(16(17)18)11(5-9)15-6-8-2-1-3-19-7-8/h4-5,8,15H,1-3,6-7H2. The third kappa shape index (κ3) is 3.37. The summed E-state index contributed by atoms with van der Waals surface area (Å²) in [6.07, 6.45) is 1.85. The number of nitro groups is 1. The highest BCUT2D eigenvalue weighted by Crippen LogP contribution is 2.29. The molecule has 1 fully saturated rings. The molecule has 0 spiro atoms. The zero-order valence-electron chi connectivity index (χ0n) is 10.2. The third-order valence-electron chi connectivity index (χ3n) is 3.05. The van der Waals surface area contributed by atoms with Gasteiger partial charge in [-0.05, 0) is 18.8 Å². The second kappa shape index (κ2) is 5.92. The molecule has 1 aliphatic heterocycles. The first-order valence-electron chi connectivity index (χ1n) is 6.03. The highest BCUT2D eigenvalue weighted by Gasteiger charge is 2.23. The number of rotatable bonds is 4. The quantitative estimate of drug-likeness (QED) is 0.676. The van der Waals surface area contributed by atoms with Gasteiger partial charge in [0.2, 0.25) is 5.82 Å². The van der Waals surface area contributed by atoms with Crippen molar-refractivity contribution in [3.8, 4) is 0 Å². The summed E-state index contributed by atoms with van der Waals surface area (Å²) in [5.74, 6) is -1.82. The summed E-state index contributed by atoms with van der Waals surface area (Å²) in [5.41, 5.74) is -0.855. The van der Waals surface area contributed by atoms with Gasteiger partial charge in [0.05, 0.1) is 11.5 Å². The van der Waals surface area contributed by atoms with Crippen LogP contribution < -0.4 is 5.32 Å². The normalized spacial score (nSPS) is 19.2. The number of nitro benzene ring substituents is 1. The Balaban J connectivity index is 2.12. The Labute approximate surface area is 108 Å². The molecule has 1 N–H and O–H groups in total. The second-order valence-corrected chi connectivity index (χ2v) is 4.50. The first kappa shape index (κ1) is 13.7. The van der Waals surface area contributed by atoms with E-state index in [-0.39, 0.29) is 11.6 Å². The molecule has 0 saturated carbocycles. The van der Waals surface area contributed by atoms with Gasteiger partial charge in [0, 0.05) is 25.3 Å². The van der Waals surface area contributed by atoms with Crippen LogP contribution in [0.4, 0.5) is 20.2 Å². The number of nitrogens with zero attached hydrogens (tertiary/aromatic N) is 1. The lowest BCUT2D eigenvalue weighted by Gasteiger charge is -2.22. The molecule has 0 radical (unpaired) electrons. The number of hydrogen-bond donors (Lipinski definition) is 1. The third-order valence-corrected chi connectivity index (χ3v) is 3.05. The first-order chi connectivity index (χ1) is 9.08. The van der Waals surface area contributed by atoms with Crippen LogP contribution in [0.2, 0.25) is 0 Å². The molecule has 1 unspecified atom stereocenters. The van der Waals surface area contributed by atoms with Gasteiger partial charge in [-0.25, -0.2) is 4.39 Å². The van der Waals surface area contributed by atoms with Crippen molar-refractivity contribution in [3.05, 3.63) is 33.9 Å². The van der Waals surface area contributed by atoms with Gasteiger partial charge in [-0.3, -0.25) is 10.1 Å². The van der Waals surface area contributed by atoms with Crippen LogP contribution >= 0.6 is 0 Å². The molecule has 1 saturated heterocycles. The van der Waals surface area contributed by atoms with E-state index in [9.17, 15) is 18.9 Å². The summed E-state index contributed by atoms with van der Waals surface area (Å²) >= 11 is 0. The number of halogens is 2. The van der Waals surface area contributed by atoms with Crippen molar-refractivity contribution in [3.63, 3.8) is 0 Å².